The third-order valence-electron chi connectivity index (χ3n) is 2.93. The number of hydrogen-bond acceptors (Lipinski definition) is 4. The molecule has 1 N–H and O–H groups in total. The Morgan fingerprint density at radius 2 is 2.47 bits per heavy atom. The highest BCUT2D eigenvalue weighted by Gasteiger charge is 2.20. The van der Waals surface area contributed by atoms with Crippen LogP contribution in [0.25, 0.3) is 0 Å². The van der Waals surface area contributed by atoms with Crippen molar-refractivity contribution >= 4 is 5.82 Å². The molecule has 1 atom stereocenters. The highest BCUT2D eigenvalue weighted by Crippen LogP contribution is 2.25. The second kappa shape index (κ2) is 5.65. The number of nitrogens with zero attached hydrogens (tertiary/aromatic N) is 2. The summed E-state index contributed by atoms with van der Waals surface area (Å²) < 4.78 is 5.36. The number of pyridine rings is 1. The van der Waals surface area contributed by atoms with Gasteiger partial charge in [-0.05, 0) is 25.0 Å². The van der Waals surface area contributed by atoms with E-state index in [1.54, 1.807) is 0 Å². The highest BCUT2D eigenvalue weighted by molar-refractivity contribution is 5.52. The number of aromatic nitrogens is 1. The monoisotopic (exact) mass is 231 g/mol. The van der Waals surface area contributed by atoms with Crippen LogP contribution in [0.15, 0.2) is 12.1 Å². The van der Waals surface area contributed by atoms with Gasteiger partial charge in [0.25, 0.3) is 0 Å². The molecule has 0 amide bonds. The normalized spacial score (nSPS) is 18.9. The van der Waals surface area contributed by atoms with Crippen molar-refractivity contribution in [3.8, 4) is 6.07 Å². The molecule has 0 aliphatic carbocycles. The van der Waals surface area contributed by atoms with Crippen molar-refractivity contribution in [1.82, 2.24) is 4.98 Å². The van der Waals surface area contributed by atoms with Crippen molar-refractivity contribution in [3.63, 3.8) is 0 Å². The van der Waals surface area contributed by atoms with E-state index in [-0.39, 0.29) is 0 Å². The fourth-order valence-corrected chi connectivity index (χ4v) is 1.94. The molecule has 1 aromatic rings. The standard InChI is InChI=1S/C13H17N3O/c1-2-6-15-13-10(8-14)3-4-12(16-13)11-5-7-17-9-11/h3-4,11H,2,5-7,9H2,1H3,(H,15,16). The van der Waals surface area contributed by atoms with E-state index in [1.165, 1.54) is 0 Å². The van der Waals surface area contributed by atoms with E-state index in [4.69, 9.17) is 10.00 Å². The van der Waals surface area contributed by atoms with E-state index in [1.807, 2.05) is 12.1 Å². The molecule has 4 heteroatoms. The maximum absolute atomic E-state index is 9.02. The Morgan fingerprint density at radius 1 is 1.59 bits per heavy atom. The van der Waals surface area contributed by atoms with Crippen molar-refractivity contribution in [2.45, 2.75) is 25.7 Å². The lowest BCUT2D eigenvalue weighted by atomic mass is 10.0. The summed E-state index contributed by atoms with van der Waals surface area (Å²) in [6.07, 6.45) is 2.04. The van der Waals surface area contributed by atoms with E-state index in [0.29, 0.717) is 17.3 Å². The quantitative estimate of drug-likeness (QED) is 0.863. The number of hydrogen-bond donors (Lipinski definition) is 1. The van der Waals surface area contributed by atoms with Gasteiger partial charge in [-0.15, -0.1) is 0 Å². The van der Waals surface area contributed by atoms with Crippen molar-refractivity contribution in [2.24, 2.45) is 0 Å². The first-order valence-electron chi connectivity index (χ1n) is 6.07. The smallest absolute Gasteiger partial charge is 0.144 e. The maximum Gasteiger partial charge on any atom is 0.144 e. The summed E-state index contributed by atoms with van der Waals surface area (Å²) in [7, 11) is 0. The van der Waals surface area contributed by atoms with Crippen molar-refractivity contribution in [3.05, 3.63) is 23.4 Å². The molecule has 17 heavy (non-hydrogen) atoms. The van der Waals surface area contributed by atoms with Crippen LogP contribution in [0.4, 0.5) is 5.82 Å². The number of ether oxygens (including phenoxy) is 1. The van der Waals surface area contributed by atoms with Gasteiger partial charge in [0.2, 0.25) is 0 Å². The van der Waals surface area contributed by atoms with E-state index in [9.17, 15) is 0 Å². The van der Waals surface area contributed by atoms with Crippen molar-refractivity contribution < 1.29 is 4.74 Å². The number of rotatable bonds is 4. The molecule has 1 unspecified atom stereocenters. The Hall–Kier alpha value is -1.60. The van der Waals surface area contributed by atoms with E-state index < -0.39 is 0 Å². The van der Waals surface area contributed by atoms with Crippen LogP contribution in [0.1, 0.15) is 36.9 Å². The average molecular weight is 231 g/mol. The lowest BCUT2D eigenvalue weighted by molar-refractivity contribution is 0.193. The van der Waals surface area contributed by atoms with E-state index >= 15 is 0 Å². The molecule has 4 nitrogen and oxygen atoms in total. The van der Waals surface area contributed by atoms with Crippen LogP contribution < -0.4 is 5.32 Å². The molecule has 0 bridgehead atoms. The Balaban J connectivity index is 2.21. The lowest BCUT2D eigenvalue weighted by Crippen LogP contribution is -2.08. The molecule has 1 aliphatic heterocycles. The minimum atomic E-state index is 0.380. The minimum absolute atomic E-state index is 0.380. The first kappa shape index (κ1) is 11.9. The zero-order valence-electron chi connectivity index (χ0n) is 10.1. The predicted molar refractivity (Wildman–Crippen MR) is 65.9 cm³/mol. The highest BCUT2D eigenvalue weighted by atomic mass is 16.5. The van der Waals surface area contributed by atoms with E-state index in [2.05, 4.69) is 23.3 Å². The van der Waals surface area contributed by atoms with Crippen molar-refractivity contribution in [2.75, 3.05) is 25.1 Å². The average Bonchev–Trinajstić information content (AvgIpc) is 2.89. The van der Waals surface area contributed by atoms with Gasteiger partial charge in [-0.25, -0.2) is 4.98 Å². The summed E-state index contributed by atoms with van der Waals surface area (Å²) >= 11 is 0. The second-order valence-corrected chi connectivity index (χ2v) is 4.23. The molecular weight excluding hydrogens is 214 g/mol. The summed E-state index contributed by atoms with van der Waals surface area (Å²) in [5.74, 6) is 1.09. The van der Waals surface area contributed by atoms with Gasteiger partial charge in [-0.2, -0.15) is 5.26 Å². The third kappa shape index (κ3) is 2.75. The van der Waals surface area contributed by atoms with Gasteiger partial charge in [-0.3, -0.25) is 0 Å². The van der Waals surface area contributed by atoms with Gasteiger partial charge < -0.3 is 10.1 Å². The lowest BCUT2D eigenvalue weighted by Gasteiger charge is -2.11. The number of nitrogens with one attached hydrogen (secondary N) is 1. The summed E-state index contributed by atoms with van der Waals surface area (Å²) in [5, 5.41) is 12.2. The van der Waals surface area contributed by atoms with Gasteiger partial charge in [0, 0.05) is 24.8 Å². The van der Waals surface area contributed by atoms with Crippen LogP contribution in [0.3, 0.4) is 0 Å². The minimum Gasteiger partial charge on any atom is -0.381 e. The Labute approximate surface area is 102 Å². The summed E-state index contributed by atoms with van der Waals surface area (Å²) in [6, 6.07) is 5.95. The molecule has 1 aliphatic rings. The molecule has 1 saturated heterocycles. The predicted octanol–water partition coefficient (Wildman–Crippen LogP) is 2.28. The third-order valence-corrected chi connectivity index (χ3v) is 2.93. The summed E-state index contributed by atoms with van der Waals surface area (Å²) in [5.41, 5.74) is 1.64. The first-order valence-corrected chi connectivity index (χ1v) is 6.07. The molecule has 2 rings (SSSR count). The molecular formula is C13H17N3O. The topological polar surface area (TPSA) is 57.9 Å². The maximum atomic E-state index is 9.02. The van der Waals surface area contributed by atoms with Gasteiger partial charge in [0.15, 0.2) is 0 Å². The SMILES string of the molecule is CCCNc1nc(C2CCOC2)ccc1C#N. The molecule has 1 aromatic heterocycles. The molecule has 1 fully saturated rings. The fourth-order valence-electron chi connectivity index (χ4n) is 1.94. The summed E-state index contributed by atoms with van der Waals surface area (Å²) in [6.45, 7) is 4.48. The Kier molecular flexibility index (Phi) is 3.94. The Morgan fingerprint density at radius 3 is 3.12 bits per heavy atom. The molecule has 0 saturated carbocycles. The zero-order chi connectivity index (χ0) is 12.1. The molecule has 90 valence electrons. The number of anilines is 1. The second-order valence-electron chi connectivity index (χ2n) is 4.23. The van der Waals surface area contributed by atoms with Gasteiger partial charge in [-0.1, -0.05) is 6.92 Å². The molecule has 0 aromatic carbocycles. The number of nitriles is 1. The van der Waals surface area contributed by atoms with Crippen LogP contribution in [0.2, 0.25) is 0 Å². The molecule has 0 spiro atoms. The van der Waals surface area contributed by atoms with Gasteiger partial charge >= 0.3 is 0 Å². The fraction of sp³-hybridized carbons (Fsp3) is 0.538. The summed E-state index contributed by atoms with van der Waals surface area (Å²) in [4.78, 5) is 4.55. The van der Waals surface area contributed by atoms with Crippen molar-refractivity contribution in [1.29, 1.82) is 5.26 Å². The zero-order valence-corrected chi connectivity index (χ0v) is 10.1. The van der Waals surface area contributed by atoms with Gasteiger partial charge in [0.1, 0.15) is 11.9 Å². The van der Waals surface area contributed by atoms with Crippen LogP contribution >= 0.6 is 0 Å². The Bertz CT molecular complexity index is 419. The van der Waals surface area contributed by atoms with Crippen LogP contribution in [-0.4, -0.2) is 24.7 Å². The first-order chi connectivity index (χ1) is 8.35. The van der Waals surface area contributed by atoms with Gasteiger partial charge in [0.05, 0.1) is 12.2 Å². The van der Waals surface area contributed by atoms with E-state index in [0.717, 1.165) is 38.3 Å². The van der Waals surface area contributed by atoms with Crippen LogP contribution in [0, 0.1) is 11.3 Å². The largest absolute Gasteiger partial charge is 0.381 e. The van der Waals surface area contributed by atoms with Crippen LogP contribution in [0.5, 0.6) is 0 Å². The molecule has 2 heterocycles. The van der Waals surface area contributed by atoms with Crippen LogP contribution in [-0.2, 0) is 4.74 Å². The molecule has 0 radical (unpaired) electrons.